The molecule has 1 aliphatic heterocycles. The van der Waals surface area contributed by atoms with Gasteiger partial charge < -0.3 is 4.90 Å². The van der Waals surface area contributed by atoms with Gasteiger partial charge in [-0.1, -0.05) is 66.7 Å². The molecule has 152 valence electrons. The average Bonchev–Trinajstić information content (AvgIpc) is 3.21. The highest BCUT2D eigenvalue weighted by Gasteiger charge is 2.22. The quantitative estimate of drug-likeness (QED) is 0.607. The Labute approximate surface area is 176 Å². The van der Waals surface area contributed by atoms with Crippen LogP contribution in [-0.2, 0) is 17.9 Å². The maximum Gasteiger partial charge on any atom is 0.265 e. The number of anilines is 1. The number of rotatable bonds is 7. The van der Waals surface area contributed by atoms with E-state index in [1.807, 2.05) is 77.8 Å². The molecule has 5 nitrogen and oxygen atoms in total. The summed E-state index contributed by atoms with van der Waals surface area (Å²) in [7, 11) is 0. The summed E-state index contributed by atoms with van der Waals surface area (Å²) in [6.45, 7) is 1.88. The second kappa shape index (κ2) is 9.37. The molecule has 1 aliphatic rings. The molecular formula is C25H25N3O2. The molecule has 5 heteroatoms. The van der Waals surface area contributed by atoms with Crippen LogP contribution >= 0.6 is 0 Å². The molecule has 0 saturated carbocycles. The Morgan fingerprint density at radius 1 is 0.867 bits per heavy atom. The molecule has 0 aromatic heterocycles. The first-order chi connectivity index (χ1) is 14.7. The van der Waals surface area contributed by atoms with E-state index in [1.165, 1.54) is 0 Å². The largest absolute Gasteiger partial charge is 0.312 e. The van der Waals surface area contributed by atoms with Gasteiger partial charge in [0.15, 0.2) is 0 Å². The highest BCUT2D eigenvalue weighted by atomic mass is 16.2. The number of hydrazine groups is 1. The van der Waals surface area contributed by atoms with Crippen LogP contribution in [0.4, 0.5) is 5.69 Å². The van der Waals surface area contributed by atoms with E-state index in [0.717, 1.165) is 23.2 Å². The van der Waals surface area contributed by atoms with E-state index in [0.29, 0.717) is 31.6 Å². The summed E-state index contributed by atoms with van der Waals surface area (Å²) in [5.41, 5.74) is 6.60. The van der Waals surface area contributed by atoms with Crippen molar-refractivity contribution >= 4 is 17.5 Å². The fourth-order valence-electron chi connectivity index (χ4n) is 3.69. The number of nitrogens with one attached hydrogen (secondary N) is 1. The van der Waals surface area contributed by atoms with Crippen molar-refractivity contribution in [3.05, 3.63) is 102 Å². The number of amides is 2. The van der Waals surface area contributed by atoms with Crippen LogP contribution in [0, 0.1) is 0 Å². The van der Waals surface area contributed by atoms with E-state index in [4.69, 9.17) is 0 Å². The normalized spacial score (nSPS) is 13.6. The van der Waals surface area contributed by atoms with Gasteiger partial charge in [0, 0.05) is 37.3 Å². The maximum absolute atomic E-state index is 13.0. The summed E-state index contributed by atoms with van der Waals surface area (Å²) in [6.07, 6.45) is 1.43. The zero-order chi connectivity index (χ0) is 20.8. The van der Waals surface area contributed by atoms with Crippen LogP contribution in [0.3, 0.4) is 0 Å². The predicted molar refractivity (Wildman–Crippen MR) is 118 cm³/mol. The lowest BCUT2D eigenvalue weighted by molar-refractivity contribution is -0.117. The lowest BCUT2D eigenvalue weighted by Gasteiger charge is -2.24. The van der Waals surface area contributed by atoms with Gasteiger partial charge in [0.25, 0.3) is 5.91 Å². The molecule has 4 rings (SSSR count). The lowest BCUT2D eigenvalue weighted by atomic mass is 10.1. The molecule has 1 fully saturated rings. The van der Waals surface area contributed by atoms with Gasteiger partial charge in [0.2, 0.25) is 5.91 Å². The molecule has 0 radical (unpaired) electrons. The monoisotopic (exact) mass is 399 g/mol. The Kier molecular flexibility index (Phi) is 6.20. The molecular weight excluding hydrogens is 374 g/mol. The summed E-state index contributed by atoms with van der Waals surface area (Å²) in [6, 6.07) is 27.4. The van der Waals surface area contributed by atoms with Crippen molar-refractivity contribution in [3.63, 3.8) is 0 Å². The minimum Gasteiger partial charge on any atom is -0.312 e. The summed E-state index contributed by atoms with van der Waals surface area (Å²) in [4.78, 5) is 26.8. The second-order valence-electron chi connectivity index (χ2n) is 7.47. The third kappa shape index (κ3) is 4.93. The number of carbonyl (C=O) groups excluding carboxylic acids is 2. The number of carbonyl (C=O) groups is 2. The molecule has 1 saturated heterocycles. The highest BCUT2D eigenvalue weighted by molar-refractivity contribution is 5.98. The predicted octanol–water partition coefficient (Wildman–Crippen LogP) is 4.16. The van der Waals surface area contributed by atoms with Gasteiger partial charge in [-0.15, -0.1) is 0 Å². The van der Waals surface area contributed by atoms with E-state index < -0.39 is 0 Å². The molecule has 2 amide bonds. The average molecular weight is 399 g/mol. The number of nitrogens with zero attached hydrogens (tertiary/aromatic N) is 2. The fraction of sp³-hybridized carbons (Fsp3) is 0.200. The minimum absolute atomic E-state index is 0.113. The van der Waals surface area contributed by atoms with Crippen LogP contribution in [0.1, 0.15) is 34.3 Å². The molecule has 0 unspecified atom stereocenters. The smallest absolute Gasteiger partial charge is 0.265 e. The lowest BCUT2D eigenvalue weighted by Crippen LogP contribution is -2.41. The summed E-state index contributed by atoms with van der Waals surface area (Å²) in [5.74, 6) is -0.0716. The Hall–Kier alpha value is -3.44. The van der Waals surface area contributed by atoms with Gasteiger partial charge in [-0.25, -0.2) is 5.01 Å². The van der Waals surface area contributed by atoms with E-state index in [1.54, 1.807) is 17.0 Å². The standard InChI is InChI=1S/C25H25N3O2/c29-24-15-8-16-28(24)23-14-7-13-22(17-23)25(30)26-27(18-20-9-3-1-4-10-20)19-21-11-5-2-6-12-21/h1-7,9-14,17H,8,15-16,18-19H2,(H,26,30). The summed E-state index contributed by atoms with van der Waals surface area (Å²) < 4.78 is 0. The first-order valence-electron chi connectivity index (χ1n) is 10.2. The topological polar surface area (TPSA) is 52.7 Å². The summed E-state index contributed by atoms with van der Waals surface area (Å²) >= 11 is 0. The second-order valence-corrected chi connectivity index (χ2v) is 7.47. The number of hydrogen-bond acceptors (Lipinski definition) is 3. The van der Waals surface area contributed by atoms with Crippen LogP contribution in [0.25, 0.3) is 0 Å². The molecule has 30 heavy (non-hydrogen) atoms. The first-order valence-corrected chi connectivity index (χ1v) is 10.2. The molecule has 0 spiro atoms. The number of benzene rings is 3. The van der Waals surface area contributed by atoms with Crippen LogP contribution < -0.4 is 10.3 Å². The van der Waals surface area contributed by atoms with Gasteiger partial charge in [-0.2, -0.15) is 0 Å². The third-order valence-electron chi connectivity index (χ3n) is 5.19. The van der Waals surface area contributed by atoms with Crippen LogP contribution in [0.2, 0.25) is 0 Å². The first kappa shape index (κ1) is 19.9. The van der Waals surface area contributed by atoms with Gasteiger partial charge >= 0.3 is 0 Å². The van der Waals surface area contributed by atoms with Gasteiger partial charge in [0.05, 0.1) is 0 Å². The van der Waals surface area contributed by atoms with E-state index in [9.17, 15) is 9.59 Å². The molecule has 0 atom stereocenters. The zero-order valence-electron chi connectivity index (χ0n) is 16.8. The third-order valence-corrected chi connectivity index (χ3v) is 5.19. The van der Waals surface area contributed by atoms with Crippen molar-refractivity contribution in [1.82, 2.24) is 10.4 Å². The fourth-order valence-corrected chi connectivity index (χ4v) is 3.69. The highest BCUT2D eigenvalue weighted by Crippen LogP contribution is 2.22. The Morgan fingerprint density at radius 2 is 1.50 bits per heavy atom. The number of hydrogen-bond donors (Lipinski definition) is 1. The van der Waals surface area contributed by atoms with Gasteiger partial charge in [-0.3, -0.25) is 15.0 Å². The van der Waals surface area contributed by atoms with Crippen molar-refractivity contribution in [2.45, 2.75) is 25.9 Å². The van der Waals surface area contributed by atoms with Crippen molar-refractivity contribution in [2.75, 3.05) is 11.4 Å². The van der Waals surface area contributed by atoms with Crippen molar-refractivity contribution in [1.29, 1.82) is 0 Å². The van der Waals surface area contributed by atoms with Crippen LogP contribution in [0.5, 0.6) is 0 Å². The van der Waals surface area contributed by atoms with Gasteiger partial charge in [-0.05, 0) is 35.7 Å². The molecule has 0 bridgehead atoms. The Morgan fingerprint density at radius 3 is 2.07 bits per heavy atom. The van der Waals surface area contributed by atoms with Crippen LogP contribution in [-0.4, -0.2) is 23.4 Å². The molecule has 0 aliphatic carbocycles. The SMILES string of the molecule is O=C(NN(Cc1ccccc1)Cc1ccccc1)c1cccc(N2CCCC2=O)c1. The Balaban J connectivity index is 1.51. The maximum atomic E-state index is 13.0. The molecule has 3 aromatic carbocycles. The van der Waals surface area contributed by atoms with E-state index in [-0.39, 0.29) is 11.8 Å². The van der Waals surface area contributed by atoms with E-state index in [2.05, 4.69) is 5.43 Å². The Bertz CT molecular complexity index is 964. The van der Waals surface area contributed by atoms with Crippen molar-refractivity contribution in [3.8, 4) is 0 Å². The van der Waals surface area contributed by atoms with E-state index >= 15 is 0 Å². The van der Waals surface area contributed by atoms with Crippen molar-refractivity contribution < 1.29 is 9.59 Å². The minimum atomic E-state index is -0.185. The molecule has 3 aromatic rings. The van der Waals surface area contributed by atoms with Crippen LogP contribution in [0.15, 0.2) is 84.9 Å². The van der Waals surface area contributed by atoms with Crippen molar-refractivity contribution in [2.24, 2.45) is 0 Å². The molecule has 1 heterocycles. The molecule has 1 N–H and O–H groups in total. The van der Waals surface area contributed by atoms with Gasteiger partial charge in [0.1, 0.15) is 0 Å². The zero-order valence-corrected chi connectivity index (χ0v) is 16.8. The summed E-state index contributed by atoms with van der Waals surface area (Å²) in [5, 5.41) is 1.92.